The van der Waals surface area contributed by atoms with E-state index in [1.807, 2.05) is 0 Å². The molecule has 150 valence electrons. The van der Waals surface area contributed by atoms with Crippen LogP contribution >= 0.6 is 0 Å². The first-order valence-electron chi connectivity index (χ1n) is 8.52. The molecule has 0 aliphatic heterocycles. The van der Waals surface area contributed by atoms with Crippen molar-refractivity contribution in [1.82, 2.24) is 5.32 Å². The number of halogens is 4. The lowest BCUT2D eigenvalue weighted by Crippen LogP contribution is -2.45. The van der Waals surface area contributed by atoms with Crippen molar-refractivity contribution >= 4 is 17.5 Å². The number of alkyl halides is 3. The molecule has 2 amide bonds. The Bertz CT molecular complexity index is 846. The van der Waals surface area contributed by atoms with Gasteiger partial charge in [-0.25, -0.2) is 4.39 Å². The number of anilines is 1. The molecule has 0 aliphatic rings. The maximum Gasteiger partial charge on any atom is 0.416 e. The number of hydrogen-bond acceptors (Lipinski definition) is 2. The first kappa shape index (κ1) is 21.4. The van der Waals surface area contributed by atoms with Gasteiger partial charge in [-0.3, -0.25) is 9.59 Å². The Hall–Kier alpha value is -2.90. The standard InChI is InChI=1S/C20H20F4N2O2/c1-19(2,17(27)25-12-11-13-5-3-4-6-16(13)21)18(28)26-15-9-7-14(8-10-15)20(22,23)24/h3-10H,11-12H2,1-2H3,(H,25,27)(H,26,28). The van der Waals surface area contributed by atoms with Crippen molar-refractivity contribution in [3.63, 3.8) is 0 Å². The van der Waals surface area contributed by atoms with E-state index >= 15 is 0 Å². The minimum Gasteiger partial charge on any atom is -0.355 e. The van der Waals surface area contributed by atoms with Gasteiger partial charge in [0.15, 0.2) is 0 Å². The van der Waals surface area contributed by atoms with Gasteiger partial charge in [-0.2, -0.15) is 13.2 Å². The van der Waals surface area contributed by atoms with E-state index in [1.54, 1.807) is 18.2 Å². The summed E-state index contributed by atoms with van der Waals surface area (Å²) in [5.74, 6) is -1.63. The molecule has 2 aromatic carbocycles. The molecular formula is C20H20F4N2O2. The molecule has 0 bridgehead atoms. The second-order valence-electron chi connectivity index (χ2n) is 6.75. The minimum absolute atomic E-state index is 0.136. The molecule has 0 saturated heterocycles. The van der Waals surface area contributed by atoms with Crippen LogP contribution in [-0.4, -0.2) is 18.4 Å². The van der Waals surface area contributed by atoms with Gasteiger partial charge in [0.25, 0.3) is 0 Å². The van der Waals surface area contributed by atoms with Crippen LogP contribution in [0.25, 0.3) is 0 Å². The van der Waals surface area contributed by atoms with E-state index in [0.717, 1.165) is 24.3 Å². The Morgan fingerprint density at radius 1 is 0.929 bits per heavy atom. The monoisotopic (exact) mass is 396 g/mol. The highest BCUT2D eigenvalue weighted by Crippen LogP contribution is 2.30. The Morgan fingerprint density at radius 2 is 1.54 bits per heavy atom. The van der Waals surface area contributed by atoms with Crippen molar-refractivity contribution in [2.75, 3.05) is 11.9 Å². The zero-order valence-corrected chi connectivity index (χ0v) is 15.4. The first-order valence-corrected chi connectivity index (χ1v) is 8.52. The fourth-order valence-corrected chi connectivity index (χ4v) is 2.37. The number of carbonyl (C=O) groups is 2. The molecule has 0 heterocycles. The molecule has 2 N–H and O–H groups in total. The van der Waals surface area contributed by atoms with E-state index < -0.39 is 29.0 Å². The summed E-state index contributed by atoms with van der Waals surface area (Å²) in [5, 5.41) is 5.01. The zero-order valence-electron chi connectivity index (χ0n) is 15.4. The lowest BCUT2D eigenvalue weighted by Gasteiger charge is -2.23. The summed E-state index contributed by atoms with van der Waals surface area (Å²) in [7, 11) is 0. The fourth-order valence-electron chi connectivity index (χ4n) is 2.37. The summed E-state index contributed by atoms with van der Waals surface area (Å²) >= 11 is 0. The van der Waals surface area contributed by atoms with Crippen LogP contribution < -0.4 is 10.6 Å². The number of amides is 2. The van der Waals surface area contributed by atoms with Gasteiger partial charge >= 0.3 is 6.18 Å². The van der Waals surface area contributed by atoms with Gasteiger partial charge in [0, 0.05) is 12.2 Å². The van der Waals surface area contributed by atoms with Crippen LogP contribution in [0.15, 0.2) is 48.5 Å². The summed E-state index contributed by atoms with van der Waals surface area (Å²) in [5.41, 5.74) is -1.73. The van der Waals surface area contributed by atoms with Crippen LogP contribution in [0.2, 0.25) is 0 Å². The first-order chi connectivity index (χ1) is 13.0. The van der Waals surface area contributed by atoms with Gasteiger partial charge in [-0.1, -0.05) is 18.2 Å². The fraction of sp³-hybridized carbons (Fsp3) is 0.300. The second-order valence-corrected chi connectivity index (χ2v) is 6.75. The molecule has 0 fully saturated rings. The summed E-state index contributed by atoms with van der Waals surface area (Å²) in [6, 6.07) is 10.1. The summed E-state index contributed by atoms with van der Waals surface area (Å²) in [6.45, 7) is 2.92. The third kappa shape index (κ3) is 5.31. The van der Waals surface area contributed by atoms with Gasteiger partial charge in [-0.05, 0) is 56.2 Å². The molecule has 2 rings (SSSR count). The molecule has 4 nitrogen and oxygen atoms in total. The topological polar surface area (TPSA) is 58.2 Å². The van der Waals surface area contributed by atoms with Gasteiger partial charge in [0.1, 0.15) is 11.2 Å². The summed E-state index contributed by atoms with van der Waals surface area (Å²) in [6.07, 6.45) is -4.21. The molecule has 0 aliphatic carbocycles. The maximum absolute atomic E-state index is 13.6. The summed E-state index contributed by atoms with van der Waals surface area (Å²) in [4.78, 5) is 24.7. The van der Waals surface area contributed by atoms with E-state index in [1.165, 1.54) is 19.9 Å². The highest BCUT2D eigenvalue weighted by atomic mass is 19.4. The predicted molar refractivity (Wildman–Crippen MR) is 97.0 cm³/mol. The zero-order chi connectivity index (χ0) is 20.9. The Morgan fingerprint density at radius 3 is 2.11 bits per heavy atom. The van der Waals surface area contributed by atoms with Gasteiger partial charge in [0.05, 0.1) is 5.56 Å². The third-order valence-corrected chi connectivity index (χ3v) is 4.24. The molecule has 0 aromatic heterocycles. The molecule has 0 unspecified atom stereocenters. The number of benzene rings is 2. The average molecular weight is 396 g/mol. The third-order valence-electron chi connectivity index (χ3n) is 4.24. The second kappa shape index (κ2) is 8.41. The lowest BCUT2D eigenvalue weighted by molar-refractivity contribution is -0.138. The van der Waals surface area contributed by atoms with Crippen LogP contribution in [0, 0.1) is 11.2 Å². The van der Waals surface area contributed by atoms with E-state index in [9.17, 15) is 27.2 Å². The van der Waals surface area contributed by atoms with Crippen molar-refractivity contribution in [2.24, 2.45) is 5.41 Å². The number of rotatable bonds is 6. The van der Waals surface area contributed by atoms with Crippen molar-refractivity contribution in [3.8, 4) is 0 Å². The van der Waals surface area contributed by atoms with E-state index in [-0.39, 0.29) is 24.5 Å². The van der Waals surface area contributed by atoms with Crippen LogP contribution in [0.5, 0.6) is 0 Å². The Kier molecular flexibility index (Phi) is 6.43. The van der Waals surface area contributed by atoms with Gasteiger partial charge in [-0.15, -0.1) is 0 Å². The molecule has 0 spiro atoms. The SMILES string of the molecule is CC(C)(C(=O)NCCc1ccccc1F)C(=O)Nc1ccc(C(F)(F)F)cc1. The van der Waals surface area contributed by atoms with E-state index in [2.05, 4.69) is 10.6 Å². The van der Waals surface area contributed by atoms with Gasteiger partial charge < -0.3 is 10.6 Å². The normalized spacial score (nSPS) is 11.8. The average Bonchev–Trinajstić information content (AvgIpc) is 2.62. The van der Waals surface area contributed by atoms with Crippen molar-refractivity contribution in [1.29, 1.82) is 0 Å². The highest BCUT2D eigenvalue weighted by molar-refractivity contribution is 6.09. The van der Waals surface area contributed by atoms with Gasteiger partial charge in [0.2, 0.25) is 11.8 Å². The van der Waals surface area contributed by atoms with Crippen LogP contribution in [-0.2, 0) is 22.2 Å². The maximum atomic E-state index is 13.6. The number of carbonyl (C=O) groups excluding carboxylic acids is 2. The number of hydrogen-bond donors (Lipinski definition) is 2. The molecule has 2 aromatic rings. The molecule has 28 heavy (non-hydrogen) atoms. The molecule has 0 radical (unpaired) electrons. The smallest absolute Gasteiger partial charge is 0.355 e. The molecule has 0 saturated carbocycles. The van der Waals surface area contributed by atoms with Crippen molar-refractivity contribution in [2.45, 2.75) is 26.4 Å². The van der Waals surface area contributed by atoms with Crippen LogP contribution in [0.1, 0.15) is 25.0 Å². The predicted octanol–water partition coefficient (Wildman–Crippen LogP) is 4.17. The van der Waals surface area contributed by atoms with Crippen molar-refractivity contribution in [3.05, 3.63) is 65.5 Å². The van der Waals surface area contributed by atoms with Crippen molar-refractivity contribution < 1.29 is 27.2 Å². The quantitative estimate of drug-likeness (QED) is 0.569. The lowest BCUT2D eigenvalue weighted by atomic mass is 9.90. The molecule has 8 heteroatoms. The highest BCUT2D eigenvalue weighted by Gasteiger charge is 2.36. The summed E-state index contributed by atoms with van der Waals surface area (Å²) < 4.78 is 51.3. The number of nitrogens with one attached hydrogen (secondary N) is 2. The Balaban J connectivity index is 1.93. The van der Waals surface area contributed by atoms with E-state index in [4.69, 9.17) is 0 Å². The van der Waals surface area contributed by atoms with E-state index in [0.29, 0.717) is 5.56 Å². The Labute approximate surface area is 159 Å². The largest absolute Gasteiger partial charge is 0.416 e. The molecular weight excluding hydrogens is 376 g/mol. The minimum atomic E-state index is -4.47. The van der Waals surface area contributed by atoms with Crippen LogP contribution in [0.4, 0.5) is 23.2 Å². The molecule has 0 atom stereocenters. The van der Waals surface area contributed by atoms with Crippen LogP contribution in [0.3, 0.4) is 0 Å².